The third kappa shape index (κ3) is 5.22. The predicted octanol–water partition coefficient (Wildman–Crippen LogP) is -3.68. The molecule has 2 saturated heterocycles. The zero-order valence-electron chi connectivity index (χ0n) is 16.1. The fourth-order valence-corrected chi connectivity index (χ4v) is 2.99. The van der Waals surface area contributed by atoms with Crippen molar-refractivity contribution in [3.8, 4) is 6.07 Å². The molecule has 2 aliphatic rings. The molecule has 0 spiro atoms. The van der Waals surface area contributed by atoms with Gasteiger partial charge in [-0.25, -0.2) is 0 Å². The van der Waals surface area contributed by atoms with E-state index in [1.54, 1.807) is 6.92 Å². The molecule has 2 fully saturated rings. The molecule has 0 saturated carbocycles. The van der Waals surface area contributed by atoms with Crippen molar-refractivity contribution < 1.29 is 54.7 Å². The highest BCUT2D eigenvalue weighted by Crippen LogP contribution is 2.28. The molecule has 0 amide bonds. The summed E-state index contributed by atoms with van der Waals surface area (Å²) < 4.78 is 21.4. The number of aliphatic hydroxyl groups excluding tert-OH is 7. The lowest BCUT2D eigenvalue weighted by atomic mass is 9.98. The minimum Gasteiger partial charge on any atom is -0.394 e. The zero-order valence-corrected chi connectivity index (χ0v) is 16.1. The summed E-state index contributed by atoms with van der Waals surface area (Å²) in [4.78, 5) is 0. The first-order chi connectivity index (χ1) is 13.6. The second-order valence-corrected chi connectivity index (χ2v) is 7.36. The first kappa shape index (κ1) is 24.3. The van der Waals surface area contributed by atoms with Gasteiger partial charge in [-0.3, -0.25) is 0 Å². The van der Waals surface area contributed by atoms with Crippen LogP contribution in [0.1, 0.15) is 20.3 Å². The predicted molar refractivity (Wildman–Crippen MR) is 91.8 cm³/mol. The molecule has 0 aliphatic carbocycles. The van der Waals surface area contributed by atoms with Gasteiger partial charge < -0.3 is 54.7 Å². The maximum atomic E-state index is 10.2. The molecule has 0 bridgehead atoms. The van der Waals surface area contributed by atoms with Gasteiger partial charge in [0.15, 0.2) is 18.2 Å². The van der Waals surface area contributed by atoms with Crippen LogP contribution in [-0.2, 0) is 18.9 Å². The van der Waals surface area contributed by atoms with E-state index in [0.717, 1.165) is 0 Å². The van der Waals surface area contributed by atoms with Crippen LogP contribution >= 0.6 is 0 Å². The molecule has 0 radical (unpaired) electrons. The quantitative estimate of drug-likeness (QED) is 0.212. The molecule has 0 aromatic rings. The molecule has 7 N–H and O–H groups in total. The van der Waals surface area contributed by atoms with E-state index >= 15 is 0 Å². The number of hydrogen-bond donors (Lipinski definition) is 7. The van der Waals surface area contributed by atoms with Gasteiger partial charge in [0.25, 0.3) is 0 Å². The van der Waals surface area contributed by atoms with Gasteiger partial charge in [-0.15, -0.1) is 0 Å². The molecular formula is C17H29NO11. The van der Waals surface area contributed by atoms with Gasteiger partial charge in [-0.1, -0.05) is 6.92 Å². The summed E-state index contributed by atoms with van der Waals surface area (Å²) >= 11 is 0. The van der Waals surface area contributed by atoms with E-state index in [1.807, 2.05) is 6.07 Å². The Morgan fingerprint density at radius 3 is 1.90 bits per heavy atom. The average Bonchev–Trinajstić information content (AvgIpc) is 2.72. The van der Waals surface area contributed by atoms with E-state index in [0.29, 0.717) is 0 Å². The standard InChI is InChI=1S/C17H29NO11/c1-3-17(2,6-18)29-16-14(25)12(23)10(21)8(28-16)5-26-15-13(24)11(22)9(20)7(4-19)27-15/h7-16,19-25H,3-5H2,1-2H3/t7-,8-,9-,10-,11+,12+,13-,14-,15-,16+,17-/m0/s1. The third-order valence-electron chi connectivity index (χ3n) is 5.23. The van der Waals surface area contributed by atoms with E-state index in [9.17, 15) is 41.0 Å². The van der Waals surface area contributed by atoms with Crippen molar-refractivity contribution in [1.82, 2.24) is 0 Å². The van der Waals surface area contributed by atoms with Gasteiger partial charge in [0.1, 0.15) is 48.8 Å². The summed E-state index contributed by atoms with van der Waals surface area (Å²) in [6.45, 7) is 2.05. The number of rotatable bonds is 7. The molecule has 11 atom stereocenters. The van der Waals surface area contributed by atoms with Gasteiger partial charge in [0, 0.05) is 0 Å². The van der Waals surface area contributed by atoms with Gasteiger partial charge in [0.2, 0.25) is 0 Å². The van der Waals surface area contributed by atoms with Gasteiger partial charge >= 0.3 is 0 Å². The van der Waals surface area contributed by atoms with Crippen molar-refractivity contribution in [2.75, 3.05) is 13.2 Å². The van der Waals surface area contributed by atoms with E-state index in [-0.39, 0.29) is 6.42 Å². The number of ether oxygens (including phenoxy) is 4. The zero-order chi connectivity index (χ0) is 21.9. The van der Waals surface area contributed by atoms with Crippen LogP contribution < -0.4 is 0 Å². The van der Waals surface area contributed by atoms with Gasteiger partial charge in [-0.2, -0.15) is 5.26 Å². The molecule has 2 heterocycles. The van der Waals surface area contributed by atoms with Crippen LogP contribution in [0.2, 0.25) is 0 Å². The van der Waals surface area contributed by atoms with Crippen molar-refractivity contribution in [2.24, 2.45) is 0 Å². The highest BCUT2D eigenvalue weighted by Gasteiger charge is 2.48. The summed E-state index contributed by atoms with van der Waals surface area (Å²) in [6, 6.07) is 1.93. The first-order valence-electron chi connectivity index (χ1n) is 9.29. The van der Waals surface area contributed by atoms with Crippen LogP contribution in [0.25, 0.3) is 0 Å². The Balaban J connectivity index is 2.04. The molecule has 12 nitrogen and oxygen atoms in total. The molecule has 0 aromatic heterocycles. The van der Waals surface area contributed by atoms with Crippen molar-refractivity contribution in [1.29, 1.82) is 5.26 Å². The molecule has 0 unspecified atom stereocenters. The van der Waals surface area contributed by atoms with Crippen molar-refractivity contribution >= 4 is 0 Å². The molecule has 29 heavy (non-hydrogen) atoms. The highest BCUT2D eigenvalue weighted by atomic mass is 16.7. The van der Waals surface area contributed by atoms with Crippen molar-refractivity contribution in [3.63, 3.8) is 0 Å². The molecular weight excluding hydrogens is 394 g/mol. The lowest BCUT2D eigenvalue weighted by Crippen LogP contribution is -2.62. The average molecular weight is 423 g/mol. The number of aliphatic hydroxyl groups is 7. The Labute approximate surface area is 167 Å². The molecule has 2 rings (SSSR count). The van der Waals surface area contributed by atoms with E-state index in [2.05, 4.69) is 0 Å². The second kappa shape index (κ2) is 9.90. The molecule has 168 valence electrons. The Kier molecular flexibility index (Phi) is 8.31. The molecule has 2 aliphatic heterocycles. The fourth-order valence-electron chi connectivity index (χ4n) is 2.99. The van der Waals surface area contributed by atoms with Crippen LogP contribution in [0.15, 0.2) is 0 Å². The maximum absolute atomic E-state index is 10.2. The second-order valence-electron chi connectivity index (χ2n) is 7.36. The van der Waals surface area contributed by atoms with Gasteiger partial charge in [0.05, 0.1) is 19.3 Å². The topological polar surface area (TPSA) is 202 Å². The van der Waals surface area contributed by atoms with E-state index in [1.165, 1.54) is 6.92 Å². The smallest absolute Gasteiger partial charge is 0.188 e. The monoisotopic (exact) mass is 423 g/mol. The normalized spacial score (nSPS) is 45.4. The van der Waals surface area contributed by atoms with Crippen LogP contribution in [0.4, 0.5) is 0 Å². The van der Waals surface area contributed by atoms with E-state index in [4.69, 9.17) is 18.9 Å². The van der Waals surface area contributed by atoms with E-state index < -0.39 is 80.2 Å². The summed E-state index contributed by atoms with van der Waals surface area (Å²) in [5.41, 5.74) is -1.31. The highest BCUT2D eigenvalue weighted by molar-refractivity contribution is 4.99. The maximum Gasteiger partial charge on any atom is 0.188 e. The summed E-state index contributed by atoms with van der Waals surface area (Å²) in [7, 11) is 0. The Morgan fingerprint density at radius 2 is 1.38 bits per heavy atom. The van der Waals surface area contributed by atoms with Crippen LogP contribution in [0.3, 0.4) is 0 Å². The SMILES string of the molecule is CC[C@@](C)(C#N)O[C@H]1O[C@@H](CO[C@H]2O[C@@H](CO)[C@H](O)[C@@H](O)[C@@H]2O)[C@H](O)[C@@H](O)[C@@H]1O. The van der Waals surface area contributed by atoms with Gasteiger partial charge in [-0.05, 0) is 13.3 Å². The minimum absolute atomic E-state index is 0.265. The fraction of sp³-hybridized carbons (Fsp3) is 0.941. The largest absolute Gasteiger partial charge is 0.394 e. The summed E-state index contributed by atoms with van der Waals surface area (Å²) in [6.07, 6.45) is -14.8. The lowest BCUT2D eigenvalue weighted by Gasteiger charge is -2.43. The van der Waals surface area contributed by atoms with Crippen LogP contribution in [-0.4, -0.2) is 116 Å². The Bertz CT molecular complexity index is 572. The Morgan fingerprint density at radius 1 is 0.862 bits per heavy atom. The molecule has 0 aromatic carbocycles. The van der Waals surface area contributed by atoms with Crippen LogP contribution in [0.5, 0.6) is 0 Å². The summed E-state index contributed by atoms with van der Waals surface area (Å²) in [5, 5.41) is 78.3. The first-order valence-corrected chi connectivity index (χ1v) is 9.29. The van der Waals surface area contributed by atoms with Crippen molar-refractivity contribution in [2.45, 2.75) is 87.3 Å². The lowest BCUT2D eigenvalue weighted by molar-refractivity contribution is -0.339. The summed E-state index contributed by atoms with van der Waals surface area (Å²) in [5.74, 6) is 0. The van der Waals surface area contributed by atoms with Crippen molar-refractivity contribution in [3.05, 3.63) is 0 Å². The number of nitriles is 1. The Hall–Kier alpha value is -0.950. The minimum atomic E-state index is -1.67. The number of nitrogens with zero attached hydrogens (tertiary/aromatic N) is 1. The number of hydrogen-bond acceptors (Lipinski definition) is 12. The third-order valence-corrected chi connectivity index (χ3v) is 5.23. The van der Waals surface area contributed by atoms with Crippen LogP contribution in [0, 0.1) is 11.3 Å². The molecule has 12 heteroatoms.